The van der Waals surface area contributed by atoms with Crippen LogP contribution in [0.4, 0.5) is 0 Å². The molecule has 0 atom stereocenters. The molecule has 1 fully saturated rings. The van der Waals surface area contributed by atoms with Gasteiger partial charge in [0.2, 0.25) is 5.91 Å². The van der Waals surface area contributed by atoms with Gasteiger partial charge in [0.25, 0.3) is 0 Å². The maximum atomic E-state index is 12.1. The van der Waals surface area contributed by atoms with Gasteiger partial charge in [0.05, 0.1) is 5.52 Å². The summed E-state index contributed by atoms with van der Waals surface area (Å²) in [6.45, 7) is 4.00. The molecule has 0 saturated carbocycles. The minimum Gasteiger partial charge on any atom is -0.326 e. The molecule has 1 aromatic carbocycles. The number of rotatable bonds is 4. The summed E-state index contributed by atoms with van der Waals surface area (Å²) in [4.78, 5) is 16.9. The lowest BCUT2D eigenvalue weighted by Crippen LogP contribution is -2.49. The molecule has 0 bridgehead atoms. The monoisotopic (exact) mass is 418 g/mol. The maximum Gasteiger partial charge on any atom is 0.222 e. The number of hydrogen-bond acceptors (Lipinski definition) is 7. The van der Waals surface area contributed by atoms with Crippen molar-refractivity contribution in [2.24, 2.45) is 0 Å². The Kier molecular flexibility index (Phi) is 4.59. The van der Waals surface area contributed by atoms with Crippen LogP contribution in [0.25, 0.3) is 16.6 Å². The Labute approximate surface area is 158 Å². The van der Waals surface area contributed by atoms with Crippen molar-refractivity contribution < 1.29 is 4.79 Å². The van der Waals surface area contributed by atoms with Crippen molar-refractivity contribution >= 4 is 38.4 Å². The van der Waals surface area contributed by atoms with Crippen LogP contribution in [0.1, 0.15) is 23.4 Å². The molecule has 1 saturated heterocycles. The molecule has 0 aliphatic carbocycles. The van der Waals surface area contributed by atoms with Crippen molar-refractivity contribution in [2.75, 3.05) is 0 Å². The van der Waals surface area contributed by atoms with Gasteiger partial charge in [-0.1, -0.05) is 15.9 Å². The standard InChI is InChI=1S/C16H19BrN8O/c1-8-11(5-6-14(26)19-16-20-23-24-21-16)9(2)25-15(18-8)12-4-3-10(17)7-13(12)22-25/h3-4,7,16,20-21,23-24H,5-6H2,1-2H3,(H,19,26). The number of hydrogen-bond donors (Lipinski definition) is 5. The first kappa shape index (κ1) is 17.3. The number of benzene rings is 1. The van der Waals surface area contributed by atoms with Crippen molar-refractivity contribution in [1.29, 1.82) is 0 Å². The highest BCUT2D eigenvalue weighted by atomic mass is 79.9. The SMILES string of the molecule is Cc1nc2c3ccc(Br)cc3nn2c(C)c1CCC(=O)NC1NNNN1. The van der Waals surface area contributed by atoms with Crippen molar-refractivity contribution in [1.82, 2.24) is 41.8 Å². The summed E-state index contributed by atoms with van der Waals surface area (Å²) in [7, 11) is 0. The average molecular weight is 419 g/mol. The third-order valence-electron chi connectivity index (χ3n) is 4.48. The molecule has 0 unspecified atom stereocenters. The lowest BCUT2D eigenvalue weighted by atomic mass is 10.1. The summed E-state index contributed by atoms with van der Waals surface area (Å²) in [5.41, 5.74) is 15.7. The third kappa shape index (κ3) is 3.17. The molecular weight excluding hydrogens is 400 g/mol. The second-order valence-electron chi connectivity index (χ2n) is 6.20. The first-order valence-electron chi connectivity index (χ1n) is 8.27. The number of halogens is 1. The maximum absolute atomic E-state index is 12.1. The lowest BCUT2D eigenvalue weighted by Gasteiger charge is -2.13. The van der Waals surface area contributed by atoms with Crippen molar-refractivity contribution in [3.8, 4) is 0 Å². The Morgan fingerprint density at radius 1 is 1.31 bits per heavy atom. The van der Waals surface area contributed by atoms with E-state index in [2.05, 4.69) is 48.3 Å². The Morgan fingerprint density at radius 3 is 2.85 bits per heavy atom. The van der Waals surface area contributed by atoms with Crippen LogP contribution in [0.5, 0.6) is 0 Å². The van der Waals surface area contributed by atoms with E-state index in [9.17, 15) is 4.79 Å². The van der Waals surface area contributed by atoms with Gasteiger partial charge in [-0.3, -0.25) is 4.79 Å². The van der Waals surface area contributed by atoms with Crippen molar-refractivity contribution in [3.05, 3.63) is 39.6 Å². The van der Waals surface area contributed by atoms with Gasteiger partial charge < -0.3 is 5.32 Å². The average Bonchev–Trinajstić information content (AvgIpc) is 3.22. The molecule has 4 rings (SSSR count). The smallest absolute Gasteiger partial charge is 0.222 e. The predicted octanol–water partition coefficient (Wildman–Crippen LogP) is 0.711. The second-order valence-corrected chi connectivity index (χ2v) is 7.11. The number of aromatic nitrogens is 3. The molecule has 1 aliphatic rings. The second kappa shape index (κ2) is 6.89. The lowest BCUT2D eigenvalue weighted by molar-refractivity contribution is -0.122. The van der Waals surface area contributed by atoms with E-state index in [-0.39, 0.29) is 12.2 Å². The van der Waals surface area contributed by atoms with Gasteiger partial charge in [0, 0.05) is 27.7 Å². The molecule has 1 amide bonds. The van der Waals surface area contributed by atoms with E-state index in [1.54, 1.807) is 0 Å². The fourth-order valence-corrected chi connectivity index (χ4v) is 3.51. The molecule has 10 heteroatoms. The highest BCUT2D eigenvalue weighted by molar-refractivity contribution is 9.10. The number of aryl methyl sites for hydroxylation is 2. The van der Waals surface area contributed by atoms with Gasteiger partial charge >= 0.3 is 0 Å². The number of carbonyl (C=O) groups excluding carboxylic acids is 1. The van der Waals surface area contributed by atoms with Crippen LogP contribution in [-0.4, -0.2) is 26.8 Å². The van der Waals surface area contributed by atoms with Gasteiger partial charge in [0.1, 0.15) is 0 Å². The van der Waals surface area contributed by atoms with Gasteiger partial charge in [-0.25, -0.2) is 20.4 Å². The molecule has 5 N–H and O–H groups in total. The van der Waals surface area contributed by atoms with Crippen molar-refractivity contribution in [2.45, 2.75) is 33.0 Å². The van der Waals surface area contributed by atoms with E-state index in [1.165, 1.54) is 0 Å². The van der Waals surface area contributed by atoms with E-state index in [1.807, 2.05) is 36.6 Å². The van der Waals surface area contributed by atoms with Crippen molar-refractivity contribution in [3.63, 3.8) is 0 Å². The van der Waals surface area contributed by atoms with E-state index in [0.29, 0.717) is 12.8 Å². The molecule has 3 heterocycles. The summed E-state index contributed by atoms with van der Waals surface area (Å²) >= 11 is 3.48. The van der Waals surface area contributed by atoms with Crippen LogP contribution in [0.3, 0.4) is 0 Å². The van der Waals surface area contributed by atoms with Gasteiger partial charge in [-0.15, -0.1) is 0 Å². The summed E-state index contributed by atoms with van der Waals surface area (Å²) in [6.07, 6.45) is 0.612. The Balaban J connectivity index is 1.60. The number of fused-ring (bicyclic) bond motifs is 3. The molecule has 136 valence electrons. The first-order valence-corrected chi connectivity index (χ1v) is 9.07. The minimum absolute atomic E-state index is 0.0612. The molecule has 3 aromatic rings. The Hall–Kier alpha value is -2.11. The van der Waals surface area contributed by atoms with Crippen LogP contribution >= 0.6 is 15.9 Å². The summed E-state index contributed by atoms with van der Waals surface area (Å²) < 4.78 is 2.85. The van der Waals surface area contributed by atoms with Crippen LogP contribution in [-0.2, 0) is 11.2 Å². The highest BCUT2D eigenvalue weighted by Gasteiger charge is 2.17. The number of nitrogens with zero attached hydrogens (tertiary/aromatic N) is 3. The molecule has 9 nitrogen and oxygen atoms in total. The quantitative estimate of drug-likeness (QED) is 0.424. The molecule has 0 radical (unpaired) electrons. The minimum atomic E-state index is -0.347. The molecular formula is C16H19BrN8O. The van der Waals surface area contributed by atoms with Gasteiger partial charge in [-0.2, -0.15) is 16.2 Å². The zero-order valence-electron chi connectivity index (χ0n) is 14.4. The highest BCUT2D eigenvalue weighted by Crippen LogP contribution is 2.25. The number of hydrazine groups is 3. The first-order chi connectivity index (χ1) is 12.5. The number of carbonyl (C=O) groups is 1. The number of nitrogens with one attached hydrogen (secondary N) is 5. The van der Waals surface area contributed by atoms with Gasteiger partial charge in [-0.05, 0) is 44.0 Å². The predicted molar refractivity (Wildman–Crippen MR) is 100 cm³/mol. The Bertz CT molecular complexity index is 995. The number of amides is 1. The zero-order chi connectivity index (χ0) is 18.3. The molecule has 26 heavy (non-hydrogen) atoms. The molecule has 0 spiro atoms. The fourth-order valence-electron chi connectivity index (χ4n) is 3.16. The summed E-state index contributed by atoms with van der Waals surface area (Å²) in [5, 5.41) is 8.51. The van der Waals surface area contributed by atoms with Crippen LogP contribution in [0.15, 0.2) is 22.7 Å². The van der Waals surface area contributed by atoms with E-state index in [4.69, 9.17) is 4.98 Å². The van der Waals surface area contributed by atoms with E-state index >= 15 is 0 Å². The van der Waals surface area contributed by atoms with Crippen LogP contribution in [0, 0.1) is 13.8 Å². The van der Waals surface area contributed by atoms with Crippen LogP contribution < -0.4 is 27.2 Å². The Morgan fingerprint density at radius 2 is 2.08 bits per heavy atom. The van der Waals surface area contributed by atoms with Crippen LogP contribution in [0.2, 0.25) is 0 Å². The largest absolute Gasteiger partial charge is 0.326 e. The molecule has 2 aromatic heterocycles. The zero-order valence-corrected chi connectivity index (χ0v) is 15.9. The fraction of sp³-hybridized carbons (Fsp3) is 0.312. The molecule has 1 aliphatic heterocycles. The van der Waals surface area contributed by atoms with Gasteiger partial charge in [0.15, 0.2) is 11.9 Å². The van der Waals surface area contributed by atoms with E-state index in [0.717, 1.165) is 38.0 Å². The normalized spacial score (nSPS) is 15.2. The summed E-state index contributed by atoms with van der Waals surface area (Å²) in [6, 6.07) is 5.99. The third-order valence-corrected chi connectivity index (χ3v) is 4.97. The summed E-state index contributed by atoms with van der Waals surface area (Å²) in [5.74, 6) is -0.0612. The topological polar surface area (TPSA) is 107 Å². The van der Waals surface area contributed by atoms with E-state index < -0.39 is 0 Å².